The Bertz CT molecular complexity index is 805. The number of piperidine rings is 1. The van der Waals surface area contributed by atoms with Gasteiger partial charge in [0, 0.05) is 25.2 Å². The molecule has 1 saturated heterocycles. The molecule has 8 heteroatoms. The van der Waals surface area contributed by atoms with Gasteiger partial charge in [-0.05, 0) is 42.9 Å². The Kier molecular flexibility index (Phi) is 9.23. The van der Waals surface area contributed by atoms with Crippen molar-refractivity contribution in [2.75, 3.05) is 32.8 Å². The first-order chi connectivity index (χ1) is 15.1. The monoisotopic (exact) mass is 446 g/mol. The minimum atomic E-state index is -0.553. The third-order valence-electron chi connectivity index (χ3n) is 5.45. The number of ether oxygens (including phenoxy) is 2. The van der Waals surface area contributed by atoms with Crippen LogP contribution in [0, 0.1) is 5.92 Å². The third kappa shape index (κ3) is 7.66. The molecule has 1 aliphatic rings. The molecule has 1 aromatic rings. The first-order valence-corrected chi connectivity index (χ1v) is 11.1. The van der Waals surface area contributed by atoms with Gasteiger partial charge < -0.3 is 19.7 Å². The quantitative estimate of drug-likeness (QED) is 0.616. The van der Waals surface area contributed by atoms with E-state index in [9.17, 15) is 19.2 Å². The molecule has 176 valence electrons. The molecule has 2 rings (SSSR count). The van der Waals surface area contributed by atoms with Crippen molar-refractivity contribution >= 4 is 23.8 Å². The van der Waals surface area contributed by atoms with Gasteiger partial charge >= 0.3 is 11.9 Å². The first-order valence-electron chi connectivity index (χ1n) is 11.1. The zero-order valence-electron chi connectivity index (χ0n) is 19.4. The Morgan fingerprint density at radius 3 is 2.22 bits per heavy atom. The number of nitrogens with one attached hydrogen (secondary N) is 1. The summed E-state index contributed by atoms with van der Waals surface area (Å²) in [6.45, 7) is 9.06. The molecular formula is C24H34N2O6. The minimum absolute atomic E-state index is 0.00694. The van der Waals surface area contributed by atoms with E-state index >= 15 is 0 Å². The Hall–Kier alpha value is -2.90. The second kappa shape index (κ2) is 11.6. The largest absolute Gasteiger partial charge is 0.466 e. The number of amides is 2. The van der Waals surface area contributed by atoms with E-state index in [2.05, 4.69) is 26.1 Å². The van der Waals surface area contributed by atoms with E-state index in [1.54, 1.807) is 24.0 Å². The highest BCUT2D eigenvalue weighted by atomic mass is 16.5. The van der Waals surface area contributed by atoms with Crippen molar-refractivity contribution in [1.82, 2.24) is 10.2 Å². The van der Waals surface area contributed by atoms with Crippen molar-refractivity contribution in [3.63, 3.8) is 0 Å². The van der Waals surface area contributed by atoms with Crippen LogP contribution in [-0.4, -0.2) is 61.5 Å². The molecule has 0 bridgehead atoms. The lowest BCUT2D eigenvalue weighted by Gasteiger charge is -2.30. The fourth-order valence-electron chi connectivity index (χ4n) is 3.43. The van der Waals surface area contributed by atoms with Gasteiger partial charge in [-0.25, -0.2) is 0 Å². The molecule has 0 aliphatic carbocycles. The summed E-state index contributed by atoms with van der Waals surface area (Å²) in [6, 6.07) is 7.37. The maximum absolute atomic E-state index is 12.2. The summed E-state index contributed by atoms with van der Waals surface area (Å²) >= 11 is 0. The topological polar surface area (TPSA) is 102 Å². The molecule has 1 aromatic carbocycles. The van der Waals surface area contributed by atoms with Crippen LogP contribution >= 0.6 is 0 Å². The van der Waals surface area contributed by atoms with Crippen molar-refractivity contribution in [3.05, 3.63) is 35.4 Å². The number of carbonyl (C=O) groups excluding carboxylic acids is 4. The molecule has 1 fully saturated rings. The standard InChI is InChI=1S/C24H34N2O6/c1-5-31-23(30)18-11-14-26(15-12-18)20(27)16-32-21(28)10-13-25-22(29)17-6-8-19(9-7-17)24(2,3)4/h6-9,18H,5,10-16H2,1-4H3,(H,25,29). The molecule has 1 N–H and O–H groups in total. The maximum Gasteiger partial charge on any atom is 0.309 e. The second-order valence-electron chi connectivity index (χ2n) is 8.90. The number of likely N-dealkylation sites (tertiary alicyclic amines) is 1. The van der Waals surface area contributed by atoms with Crippen molar-refractivity contribution < 1.29 is 28.7 Å². The molecule has 1 heterocycles. The predicted octanol–water partition coefficient (Wildman–Crippen LogP) is 2.45. The predicted molar refractivity (Wildman–Crippen MR) is 119 cm³/mol. The van der Waals surface area contributed by atoms with Crippen LogP contribution < -0.4 is 5.32 Å². The smallest absolute Gasteiger partial charge is 0.309 e. The lowest BCUT2D eigenvalue weighted by Crippen LogP contribution is -2.42. The number of hydrogen-bond acceptors (Lipinski definition) is 6. The van der Waals surface area contributed by atoms with Gasteiger partial charge in [-0.15, -0.1) is 0 Å². The molecule has 2 amide bonds. The molecule has 0 aromatic heterocycles. The van der Waals surface area contributed by atoms with Crippen LogP contribution in [0.25, 0.3) is 0 Å². The molecule has 0 unspecified atom stereocenters. The SMILES string of the molecule is CCOC(=O)C1CCN(C(=O)COC(=O)CCNC(=O)c2ccc(C(C)(C)C)cc2)CC1. The van der Waals surface area contributed by atoms with Gasteiger partial charge in [0.25, 0.3) is 11.8 Å². The number of rotatable bonds is 8. The third-order valence-corrected chi connectivity index (χ3v) is 5.45. The molecule has 1 aliphatic heterocycles. The Morgan fingerprint density at radius 1 is 1.03 bits per heavy atom. The summed E-state index contributed by atoms with van der Waals surface area (Å²) in [4.78, 5) is 49.7. The van der Waals surface area contributed by atoms with Crippen molar-refractivity contribution in [2.45, 2.75) is 52.4 Å². The van der Waals surface area contributed by atoms with Crippen molar-refractivity contribution in [3.8, 4) is 0 Å². The molecule has 0 radical (unpaired) electrons. The lowest BCUT2D eigenvalue weighted by atomic mass is 9.87. The summed E-state index contributed by atoms with van der Waals surface area (Å²) in [7, 11) is 0. The first kappa shape index (κ1) is 25.4. The minimum Gasteiger partial charge on any atom is -0.466 e. The van der Waals surface area contributed by atoms with E-state index in [0.717, 1.165) is 5.56 Å². The zero-order chi connectivity index (χ0) is 23.7. The second-order valence-corrected chi connectivity index (χ2v) is 8.90. The van der Waals surface area contributed by atoms with E-state index < -0.39 is 5.97 Å². The number of benzene rings is 1. The van der Waals surface area contributed by atoms with Crippen LogP contribution in [0.5, 0.6) is 0 Å². The van der Waals surface area contributed by atoms with Crippen LogP contribution in [0.4, 0.5) is 0 Å². The molecular weight excluding hydrogens is 412 g/mol. The van der Waals surface area contributed by atoms with Gasteiger partial charge in [0.15, 0.2) is 6.61 Å². The van der Waals surface area contributed by atoms with Gasteiger partial charge in [-0.3, -0.25) is 19.2 Å². The highest BCUT2D eigenvalue weighted by Crippen LogP contribution is 2.22. The van der Waals surface area contributed by atoms with Gasteiger partial charge in [-0.2, -0.15) is 0 Å². The van der Waals surface area contributed by atoms with Crippen LogP contribution in [-0.2, 0) is 29.3 Å². The Labute approximate surface area is 189 Å². The highest BCUT2D eigenvalue weighted by Gasteiger charge is 2.28. The van der Waals surface area contributed by atoms with E-state index in [1.807, 2.05) is 12.1 Å². The highest BCUT2D eigenvalue weighted by molar-refractivity contribution is 5.94. The van der Waals surface area contributed by atoms with Crippen LogP contribution in [0.15, 0.2) is 24.3 Å². The fourth-order valence-corrected chi connectivity index (χ4v) is 3.43. The zero-order valence-corrected chi connectivity index (χ0v) is 19.4. The van der Waals surface area contributed by atoms with Gasteiger partial charge in [0.05, 0.1) is 18.9 Å². The van der Waals surface area contributed by atoms with Crippen molar-refractivity contribution in [1.29, 1.82) is 0 Å². The van der Waals surface area contributed by atoms with E-state index in [-0.39, 0.29) is 48.7 Å². The van der Waals surface area contributed by atoms with Crippen LogP contribution in [0.1, 0.15) is 62.9 Å². The molecule has 8 nitrogen and oxygen atoms in total. The average Bonchev–Trinajstić information content (AvgIpc) is 2.77. The van der Waals surface area contributed by atoms with E-state index in [4.69, 9.17) is 9.47 Å². The molecule has 0 atom stereocenters. The van der Waals surface area contributed by atoms with E-state index in [0.29, 0.717) is 38.1 Å². The normalized spacial score (nSPS) is 14.6. The number of esters is 2. The summed E-state index contributed by atoms with van der Waals surface area (Å²) < 4.78 is 10.1. The average molecular weight is 447 g/mol. The number of carbonyl (C=O) groups is 4. The molecule has 32 heavy (non-hydrogen) atoms. The van der Waals surface area contributed by atoms with Gasteiger partial charge in [0.1, 0.15) is 0 Å². The summed E-state index contributed by atoms with van der Waals surface area (Å²) in [5, 5.41) is 2.69. The maximum atomic E-state index is 12.2. The Balaban J connectivity index is 1.65. The Morgan fingerprint density at radius 2 is 1.66 bits per heavy atom. The molecule has 0 spiro atoms. The number of nitrogens with zero attached hydrogens (tertiary/aromatic N) is 1. The fraction of sp³-hybridized carbons (Fsp3) is 0.583. The summed E-state index contributed by atoms with van der Waals surface area (Å²) in [5.41, 5.74) is 1.66. The van der Waals surface area contributed by atoms with Crippen LogP contribution in [0.2, 0.25) is 0 Å². The summed E-state index contributed by atoms with van der Waals surface area (Å²) in [5.74, 6) is -1.52. The summed E-state index contributed by atoms with van der Waals surface area (Å²) in [6.07, 6.45) is 1.06. The lowest BCUT2D eigenvalue weighted by molar-refractivity contribution is -0.154. The van der Waals surface area contributed by atoms with Crippen molar-refractivity contribution in [2.24, 2.45) is 5.92 Å². The van der Waals surface area contributed by atoms with E-state index in [1.165, 1.54) is 0 Å². The van der Waals surface area contributed by atoms with Gasteiger partial charge in [0.2, 0.25) is 0 Å². The molecule has 0 saturated carbocycles. The van der Waals surface area contributed by atoms with Gasteiger partial charge in [-0.1, -0.05) is 32.9 Å². The van der Waals surface area contributed by atoms with Crippen LogP contribution in [0.3, 0.4) is 0 Å². The number of hydrogen-bond donors (Lipinski definition) is 1.